The summed E-state index contributed by atoms with van der Waals surface area (Å²) in [6, 6.07) is 11.5. The van der Waals surface area contributed by atoms with Crippen molar-refractivity contribution in [3.63, 3.8) is 0 Å². The quantitative estimate of drug-likeness (QED) is 0.631. The number of methoxy groups -OCH3 is 1. The third kappa shape index (κ3) is 6.12. The fourth-order valence-corrected chi connectivity index (χ4v) is 4.06. The smallest absolute Gasteiger partial charge is 0.243 e. The van der Waals surface area contributed by atoms with Gasteiger partial charge in [-0.25, -0.2) is 8.42 Å². The molecule has 8 heteroatoms. The van der Waals surface area contributed by atoms with Crippen LogP contribution in [0.4, 0.5) is 5.69 Å². The molecule has 1 amide bonds. The Morgan fingerprint density at radius 1 is 1.14 bits per heavy atom. The summed E-state index contributed by atoms with van der Waals surface area (Å²) in [5, 5.41) is 2.74. The van der Waals surface area contributed by atoms with Crippen LogP contribution < -0.4 is 19.1 Å². The Labute approximate surface area is 172 Å². The van der Waals surface area contributed by atoms with Gasteiger partial charge >= 0.3 is 0 Å². The molecule has 0 unspecified atom stereocenters. The number of carbonyl (C=O) groups is 1. The van der Waals surface area contributed by atoms with E-state index < -0.39 is 22.0 Å². The van der Waals surface area contributed by atoms with Gasteiger partial charge < -0.3 is 14.8 Å². The Balaban J connectivity index is 2.00. The van der Waals surface area contributed by atoms with Crippen LogP contribution in [0.5, 0.6) is 11.5 Å². The van der Waals surface area contributed by atoms with Gasteiger partial charge in [-0.3, -0.25) is 9.10 Å². The lowest BCUT2D eigenvalue weighted by atomic mass is 10.1. The van der Waals surface area contributed by atoms with E-state index in [0.29, 0.717) is 11.4 Å². The van der Waals surface area contributed by atoms with E-state index in [0.717, 1.165) is 27.4 Å². The molecular formula is C21H28N2O5S. The molecule has 0 saturated heterocycles. The van der Waals surface area contributed by atoms with E-state index in [9.17, 15) is 13.2 Å². The van der Waals surface area contributed by atoms with E-state index in [2.05, 4.69) is 5.32 Å². The highest BCUT2D eigenvalue weighted by atomic mass is 32.2. The van der Waals surface area contributed by atoms with Crippen molar-refractivity contribution in [1.82, 2.24) is 5.32 Å². The van der Waals surface area contributed by atoms with E-state index in [1.54, 1.807) is 31.2 Å². The van der Waals surface area contributed by atoms with Gasteiger partial charge in [0.25, 0.3) is 0 Å². The minimum absolute atomic E-state index is 0.261. The van der Waals surface area contributed by atoms with Crippen molar-refractivity contribution >= 4 is 21.6 Å². The maximum Gasteiger partial charge on any atom is 0.243 e. The van der Waals surface area contributed by atoms with Gasteiger partial charge in [0.1, 0.15) is 24.1 Å². The van der Waals surface area contributed by atoms with Crippen molar-refractivity contribution in [3.05, 3.63) is 53.6 Å². The van der Waals surface area contributed by atoms with E-state index >= 15 is 0 Å². The number of benzene rings is 2. The molecule has 2 aromatic carbocycles. The highest BCUT2D eigenvalue weighted by Gasteiger charge is 2.28. The number of sulfonamides is 1. The molecule has 0 radical (unpaired) electrons. The van der Waals surface area contributed by atoms with Gasteiger partial charge in [-0.1, -0.05) is 12.1 Å². The average Bonchev–Trinajstić information content (AvgIpc) is 2.67. The second-order valence-electron chi connectivity index (χ2n) is 6.84. The number of hydrogen-bond donors (Lipinski definition) is 1. The molecule has 2 rings (SSSR count). The van der Waals surface area contributed by atoms with Crippen LogP contribution in [-0.2, 0) is 14.8 Å². The standard InChI is InChI=1S/C21H28N2O5S/c1-15-6-7-16(2)20(14-15)28-13-12-22-21(24)17(3)23(29(5,25)26)18-8-10-19(27-4)11-9-18/h6-11,14,17H,12-13H2,1-5H3,(H,22,24)/t17-/m1/s1. The molecular weight excluding hydrogens is 392 g/mol. The Morgan fingerprint density at radius 3 is 2.38 bits per heavy atom. The van der Waals surface area contributed by atoms with Crippen LogP contribution in [0.25, 0.3) is 0 Å². The second kappa shape index (κ2) is 9.65. The lowest BCUT2D eigenvalue weighted by Crippen LogP contribution is -2.48. The summed E-state index contributed by atoms with van der Waals surface area (Å²) in [5.41, 5.74) is 2.49. The van der Waals surface area contributed by atoms with Crippen LogP contribution in [0, 0.1) is 13.8 Å². The van der Waals surface area contributed by atoms with Crippen LogP contribution in [0.1, 0.15) is 18.1 Å². The number of hydrogen-bond acceptors (Lipinski definition) is 5. The van der Waals surface area contributed by atoms with Crippen LogP contribution in [0.3, 0.4) is 0 Å². The fraction of sp³-hybridized carbons (Fsp3) is 0.381. The summed E-state index contributed by atoms with van der Waals surface area (Å²) in [7, 11) is -2.14. The van der Waals surface area contributed by atoms with E-state index in [-0.39, 0.29) is 13.2 Å². The van der Waals surface area contributed by atoms with Crippen molar-refractivity contribution in [2.24, 2.45) is 0 Å². The van der Waals surface area contributed by atoms with Crippen LogP contribution in [-0.4, -0.2) is 46.9 Å². The van der Waals surface area contributed by atoms with Crippen molar-refractivity contribution in [2.45, 2.75) is 26.8 Å². The van der Waals surface area contributed by atoms with Gasteiger partial charge in [0.2, 0.25) is 15.9 Å². The van der Waals surface area contributed by atoms with Crippen molar-refractivity contribution in [2.75, 3.05) is 30.8 Å². The molecule has 0 saturated carbocycles. The predicted molar refractivity (Wildman–Crippen MR) is 114 cm³/mol. The SMILES string of the molecule is COc1ccc(N([C@H](C)C(=O)NCCOc2cc(C)ccc2C)S(C)(=O)=O)cc1. The van der Waals surface area contributed by atoms with Crippen LogP contribution >= 0.6 is 0 Å². The average molecular weight is 421 g/mol. The zero-order valence-electron chi connectivity index (χ0n) is 17.4. The number of carbonyl (C=O) groups excluding carboxylic acids is 1. The van der Waals surface area contributed by atoms with Gasteiger partial charge in [0, 0.05) is 0 Å². The zero-order chi connectivity index (χ0) is 21.6. The molecule has 0 aromatic heterocycles. The third-order valence-corrected chi connectivity index (χ3v) is 5.66. The van der Waals surface area contributed by atoms with Gasteiger partial charge in [-0.05, 0) is 62.2 Å². The molecule has 1 N–H and O–H groups in total. The number of rotatable bonds is 9. The van der Waals surface area contributed by atoms with Crippen molar-refractivity contribution in [1.29, 1.82) is 0 Å². The van der Waals surface area contributed by atoms with Gasteiger partial charge in [0.05, 0.1) is 25.6 Å². The van der Waals surface area contributed by atoms with Gasteiger partial charge in [-0.15, -0.1) is 0 Å². The van der Waals surface area contributed by atoms with Crippen molar-refractivity contribution < 1.29 is 22.7 Å². The molecule has 29 heavy (non-hydrogen) atoms. The highest BCUT2D eigenvalue weighted by Crippen LogP contribution is 2.24. The maximum atomic E-state index is 12.6. The monoisotopic (exact) mass is 420 g/mol. The summed E-state index contributed by atoms with van der Waals surface area (Å²) in [4.78, 5) is 12.6. The Hall–Kier alpha value is -2.74. The number of ether oxygens (including phenoxy) is 2. The summed E-state index contributed by atoms with van der Waals surface area (Å²) >= 11 is 0. The van der Waals surface area contributed by atoms with E-state index in [1.807, 2.05) is 32.0 Å². The lowest BCUT2D eigenvalue weighted by molar-refractivity contribution is -0.121. The molecule has 0 spiro atoms. The minimum Gasteiger partial charge on any atom is -0.497 e. The van der Waals surface area contributed by atoms with Crippen LogP contribution in [0.15, 0.2) is 42.5 Å². The van der Waals surface area contributed by atoms with E-state index in [1.165, 1.54) is 7.11 Å². The normalized spacial score (nSPS) is 12.2. The molecule has 0 aliphatic carbocycles. The predicted octanol–water partition coefficient (Wildman–Crippen LogP) is 2.66. The maximum absolute atomic E-state index is 12.6. The number of amides is 1. The highest BCUT2D eigenvalue weighted by molar-refractivity contribution is 7.92. The number of nitrogens with one attached hydrogen (secondary N) is 1. The Kier molecular flexibility index (Phi) is 7.50. The zero-order valence-corrected chi connectivity index (χ0v) is 18.2. The molecule has 158 valence electrons. The molecule has 2 aromatic rings. The Bertz CT molecular complexity index is 942. The lowest BCUT2D eigenvalue weighted by Gasteiger charge is -2.28. The summed E-state index contributed by atoms with van der Waals surface area (Å²) in [6.45, 7) is 6.02. The molecule has 0 fully saturated rings. The first-order chi connectivity index (χ1) is 13.6. The molecule has 0 bridgehead atoms. The molecule has 1 atom stereocenters. The molecule has 0 heterocycles. The Morgan fingerprint density at radius 2 is 1.79 bits per heavy atom. The minimum atomic E-state index is -3.67. The number of aryl methyl sites for hydroxylation is 2. The molecule has 0 aliphatic rings. The topological polar surface area (TPSA) is 84.9 Å². The molecule has 0 aliphatic heterocycles. The summed E-state index contributed by atoms with van der Waals surface area (Å²) in [6.07, 6.45) is 1.07. The van der Waals surface area contributed by atoms with Gasteiger partial charge in [0.15, 0.2) is 0 Å². The molecule has 7 nitrogen and oxygen atoms in total. The van der Waals surface area contributed by atoms with Gasteiger partial charge in [-0.2, -0.15) is 0 Å². The first-order valence-corrected chi connectivity index (χ1v) is 11.1. The first kappa shape index (κ1) is 22.5. The second-order valence-corrected chi connectivity index (χ2v) is 8.70. The number of anilines is 1. The van der Waals surface area contributed by atoms with E-state index in [4.69, 9.17) is 9.47 Å². The largest absolute Gasteiger partial charge is 0.497 e. The number of nitrogens with zero attached hydrogens (tertiary/aromatic N) is 1. The fourth-order valence-electron chi connectivity index (χ4n) is 2.88. The van der Waals surface area contributed by atoms with Crippen LogP contribution in [0.2, 0.25) is 0 Å². The third-order valence-electron chi connectivity index (χ3n) is 4.42. The summed E-state index contributed by atoms with van der Waals surface area (Å²) < 4.78 is 36.5. The first-order valence-electron chi connectivity index (χ1n) is 9.24. The van der Waals surface area contributed by atoms with Crippen molar-refractivity contribution in [3.8, 4) is 11.5 Å². The summed E-state index contributed by atoms with van der Waals surface area (Å²) in [5.74, 6) is 0.960.